The van der Waals surface area contributed by atoms with Crippen LogP contribution in [0.4, 0.5) is 18.9 Å². The zero-order valence-electron chi connectivity index (χ0n) is 9.63. The molecular formula is C11H14ClF3N2. The molecule has 17 heavy (non-hydrogen) atoms. The van der Waals surface area contributed by atoms with E-state index < -0.39 is 12.7 Å². The lowest BCUT2D eigenvalue weighted by Crippen LogP contribution is -2.39. The van der Waals surface area contributed by atoms with Gasteiger partial charge in [-0.3, -0.25) is 4.98 Å². The number of aromatic nitrogens is 1. The van der Waals surface area contributed by atoms with Gasteiger partial charge in [0.25, 0.3) is 0 Å². The van der Waals surface area contributed by atoms with E-state index in [1.165, 1.54) is 17.3 Å². The van der Waals surface area contributed by atoms with Crippen LogP contribution in [0.5, 0.6) is 0 Å². The summed E-state index contributed by atoms with van der Waals surface area (Å²) in [6.45, 7) is 2.41. The lowest BCUT2D eigenvalue weighted by atomic mass is 10.2. The SMILES string of the molecule is CC(C)N(CC(F)(F)F)c1cnccc1CCl. The van der Waals surface area contributed by atoms with Gasteiger partial charge in [-0.15, -0.1) is 11.6 Å². The molecule has 0 atom stereocenters. The Labute approximate surface area is 103 Å². The first-order valence-corrected chi connectivity index (χ1v) is 5.71. The number of halogens is 4. The van der Waals surface area contributed by atoms with Gasteiger partial charge in [-0.2, -0.15) is 13.2 Å². The molecule has 96 valence electrons. The summed E-state index contributed by atoms with van der Waals surface area (Å²) in [4.78, 5) is 5.11. The van der Waals surface area contributed by atoms with Crippen molar-refractivity contribution in [1.82, 2.24) is 4.98 Å². The van der Waals surface area contributed by atoms with Crippen molar-refractivity contribution in [2.45, 2.75) is 31.9 Å². The van der Waals surface area contributed by atoms with Gasteiger partial charge in [0, 0.05) is 18.1 Å². The maximum atomic E-state index is 12.5. The highest BCUT2D eigenvalue weighted by atomic mass is 35.5. The summed E-state index contributed by atoms with van der Waals surface area (Å²) in [6.07, 6.45) is -1.31. The lowest BCUT2D eigenvalue weighted by molar-refractivity contribution is -0.120. The van der Waals surface area contributed by atoms with E-state index in [0.717, 1.165) is 0 Å². The minimum absolute atomic E-state index is 0.166. The molecule has 0 aromatic carbocycles. The van der Waals surface area contributed by atoms with E-state index in [1.807, 2.05) is 0 Å². The van der Waals surface area contributed by atoms with E-state index in [4.69, 9.17) is 11.6 Å². The number of rotatable bonds is 4. The van der Waals surface area contributed by atoms with Crippen LogP contribution in [0.15, 0.2) is 18.5 Å². The van der Waals surface area contributed by atoms with Crippen LogP contribution in [0, 0.1) is 0 Å². The first-order chi connectivity index (χ1) is 7.85. The Morgan fingerprint density at radius 2 is 2.06 bits per heavy atom. The van der Waals surface area contributed by atoms with Crippen molar-refractivity contribution in [3.05, 3.63) is 24.0 Å². The molecule has 0 spiro atoms. The molecule has 0 amide bonds. The molecule has 0 bridgehead atoms. The van der Waals surface area contributed by atoms with Crippen molar-refractivity contribution in [1.29, 1.82) is 0 Å². The number of alkyl halides is 4. The molecule has 6 heteroatoms. The van der Waals surface area contributed by atoms with Gasteiger partial charge < -0.3 is 4.90 Å². The summed E-state index contributed by atoms with van der Waals surface area (Å²) < 4.78 is 37.5. The largest absolute Gasteiger partial charge is 0.405 e. The van der Waals surface area contributed by atoms with Gasteiger partial charge in [-0.1, -0.05) is 0 Å². The van der Waals surface area contributed by atoms with Crippen molar-refractivity contribution in [2.24, 2.45) is 0 Å². The van der Waals surface area contributed by atoms with E-state index in [-0.39, 0.29) is 11.9 Å². The fourth-order valence-electron chi connectivity index (χ4n) is 1.53. The van der Waals surface area contributed by atoms with Crippen molar-refractivity contribution < 1.29 is 13.2 Å². The van der Waals surface area contributed by atoms with Gasteiger partial charge in [-0.05, 0) is 25.5 Å². The van der Waals surface area contributed by atoms with Crippen LogP contribution in [-0.4, -0.2) is 23.7 Å². The molecule has 1 rings (SSSR count). The zero-order chi connectivity index (χ0) is 13.1. The Hall–Kier alpha value is -0.970. The molecule has 0 aliphatic carbocycles. The van der Waals surface area contributed by atoms with Crippen LogP contribution in [0.25, 0.3) is 0 Å². The summed E-state index contributed by atoms with van der Waals surface area (Å²) in [6, 6.07) is 1.36. The van der Waals surface area contributed by atoms with Gasteiger partial charge in [0.1, 0.15) is 6.54 Å². The van der Waals surface area contributed by atoms with Crippen molar-refractivity contribution in [3.8, 4) is 0 Å². The molecular weight excluding hydrogens is 253 g/mol. The number of nitrogens with zero attached hydrogens (tertiary/aromatic N) is 2. The third-order valence-electron chi connectivity index (χ3n) is 2.31. The Morgan fingerprint density at radius 1 is 1.41 bits per heavy atom. The zero-order valence-corrected chi connectivity index (χ0v) is 10.4. The number of hydrogen-bond acceptors (Lipinski definition) is 2. The van der Waals surface area contributed by atoms with E-state index in [0.29, 0.717) is 11.3 Å². The Morgan fingerprint density at radius 3 is 2.53 bits per heavy atom. The molecule has 0 saturated carbocycles. The van der Waals surface area contributed by atoms with E-state index in [9.17, 15) is 13.2 Å². The second kappa shape index (κ2) is 5.58. The van der Waals surface area contributed by atoms with Crippen LogP contribution in [-0.2, 0) is 5.88 Å². The minimum atomic E-state index is -4.25. The Balaban J connectivity index is 3.05. The van der Waals surface area contributed by atoms with Crippen LogP contribution >= 0.6 is 11.6 Å². The van der Waals surface area contributed by atoms with Gasteiger partial charge in [0.05, 0.1) is 11.9 Å². The average Bonchev–Trinajstić information content (AvgIpc) is 2.24. The Kier molecular flexibility index (Phi) is 4.62. The smallest absolute Gasteiger partial charge is 0.359 e. The van der Waals surface area contributed by atoms with Crippen LogP contribution in [0.1, 0.15) is 19.4 Å². The second-order valence-electron chi connectivity index (χ2n) is 3.97. The van der Waals surface area contributed by atoms with Gasteiger partial charge in [-0.25, -0.2) is 0 Å². The summed E-state index contributed by atoms with van der Waals surface area (Å²) >= 11 is 5.72. The fraction of sp³-hybridized carbons (Fsp3) is 0.545. The number of hydrogen-bond donors (Lipinski definition) is 0. The number of anilines is 1. The van der Waals surface area contributed by atoms with Crippen LogP contribution in [0.2, 0.25) is 0 Å². The molecule has 0 unspecified atom stereocenters. The van der Waals surface area contributed by atoms with Crippen molar-refractivity contribution in [3.63, 3.8) is 0 Å². The molecule has 1 aromatic rings. The maximum Gasteiger partial charge on any atom is 0.405 e. The van der Waals surface area contributed by atoms with E-state index >= 15 is 0 Å². The molecule has 0 aliphatic heterocycles. The number of pyridine rings is 1. The fourth-order valence-corrected chi connectivity index (χ4v) is 1.75. The summed E-state index contributed by atoms with van der Waals surface area (Å²) in [5.41, 5.74) is 1.09. The topological polar surface area (TPSA) is 16.1 Å². The molecule has 0 saturated heterocycles. The molecule has 1 aromatic heterocycles. The van der Waals surface area contributed by atoms with Crippen LogP contribution < -0.4 is 4.90 Å². The minimum Gasteiger partial charge on any atom is -0.359 e. The normalized spacial score (nSPS) is 11.9. The first-order valence-electron chi connectivity index (χ1n) is 5.17. The second-order valence-corrected chi connectivity index (χ2v) is 4.24. The van der Waals surface area contributed by atoms with Crippen molar-refractivity contribution >= 4 is 17.3 Å². The van der Waals surface area contributed by atoms with Crippen molar-refractivity contribution in [2.75, 3.05) is 11.4 Å². The third kappa shape index (κ3) is 4.07. The van der Waals surface area contributed by atoms with Gasteiger partial charge >= 0.3 is 6.18 Å². The monoisotopic (exact) mass is 266 g/mol. The highest BCUT2D eigenvalue weighted by Gasteiger charge is 2.32. The van der Waals surface area contributed by atoms with E-state index in [1.54, 1.807) is 19.9 Å². The molecule has 0 fully saturated rings. The predicted octanol–water partition coefficient (Wildman–Crippen LogP) is 3.60. The van der Waals surface area contributed by atoms with Gasteiger partial charge in [0.2, 0.25) is 0 Å². The predicted molar refractivity (Wildman–Crippen MR) is 62.3 cm³/mol. The molecule has 0 aliphatic rings. The Bertz CT molecular complexity index is 366. The third-order valence-corrected chi connectivity index (χ3v) is 2.60. The summed E-state index contributed by atoms with van der Waals surface area (Å²) in [5, 5.41) is 0. The lowest BCUT2D eigenvalue weighted by Gasteiger charge is -2.30. The average molecular weight is 267 g/mol. The molecule has 0 N–H and O–H groups in total. The first kappa shape index (κ1) is 14.1. The highest BCUT2D eigenvalue weighted by molar-refractivity contribution is 6.17. The van der Waals surface area contributed by atoms with Crippen LogP contribution in [0.3, 0.4) is 0 Å². The highest BCUT2D eigenvalue weighted by Crippen LogP contribution is 2.27. The molecule has 1 heterocycles. The standard InChI is InChI=1S/C11H14ClF3N2/c1-8(2)17(7-11(13,14)15)10-6-16-4-3-9(10)5-12/h3-4,6,8H,5,7H2,1-2H3. The molecule has 0 radical (unpaired) electrons. The summed E-state index contributed by atoms with van der Waals surface area (Å²) in [5.74, 6) is 0.166. The quantitative estimate of drug-likeness (QED) is 0.774. The van der Waals surface area contributed by atoms with Gasteiger partial charge in [0.15, 0.2) is 0 Å². The molecule has 2 nitrogen and oxygen atoms in total. The summed E-state index contributed by atoms with van der Waals surface area (Å²) in [7, 11) is 0. The maximum absolute atomic E-state index is 12.5. The van der Waals surface area contributed by atoms with E-state index in [2.05, 4.69) is 4.98 Å².